The Labute approximate surface area is 159 Å². The van der Waals surface area contributed by atoms with Crippen LogP contribution in [0.4, 0.5) is 4.79 Å². The summed E-state index contributed by atoms with van der Waals surface area (Å²) < 4.78 is 8.58. The summed E-state index contributed by atoms with van der Waals surface area (Å²) in [4.78, 5) is 14.1. The minimum Gasteiger partial charge on any atom is -0.444 e. The highest BCUT2D eigenvalue weighted by Crippen LogP contribution is 2.27. The molecule has 1 saturated heterocycles. The molecular weight excluding hydrogens is 384 g/mol. The Kier molecular flexibility index (Phi) is 6.54. The minimum absolute atomic E-state index is 0.208. The van der Waals surface area contributed by atoms with Crippen LogP contribution in [0.3, 0.4) is 0 Å². The van der Waals surface area contributed by atoms with E-state index in [1.54, 1.807) is 0 Å². The minimum atomic E-state index is -0.451. The molecule has 0 spiro atoms. The van der Waals surface area contributed by atoms with Gasteiger partial charge in [-0.2, -0.15) is 5.10 Å². The summed E-state index contributed by atoms with van der Waals surface area (Å²) in [6.07, 6.45) is 2.57. The SMILES string of the molecule is CCc1nn(C)c(CC(NC)C2CCN(C(=O)OC(C)(C)C)C2)c1Br. The van der Waals surface area contributed by atoms with E-state index in [-0.39, 0.29) is 6.09 Å². The Hall–Kier alpha value is -1.08. The number of aromatic nitrogens is 2. The van der Waals surface area contributed by atoms with Crippen molar-refractivity contribution in [2.75, 3.05) is 20.1 Å². The van der Waals surface area contributed by atoms with Crippen LogP contribution in [-0.4, -0.2) is 52.6 Å². The fraction of sp³-hybridized carbons (Fsp3) is 0.778. The first-order valence-electron chi connectivity index (χ1n) is 9.01. The maximum absolute atomic E-state index is 12.3. The molecule has 1 amide bonds. The van der Waals surface area contributed by atoms with Gasteiger partial charge in [-0.25, -0.2) is 4.79 Å². The van der Waals surface area contributed by atoms with Crippen LogP contribution in [0.5, 0.6) is 0 Å². The van der Waals surface area contributed by atoms with E-state index in [1.165, 1.54) is 5.69 Å². The third kappa shape index (κ3) is 4.97. The van der Waals surface area contributed by atoms with Crippen molar-refractivity contribution in [3.63, 3.8) is 0 Å². The molecule has 0 radical (unpaired) electrons. The Bertz CT molecular complexity index is 609. The molecule has 1 aliphatic heterocycles. The van der Waals surface area contributed by atoms with Gasteiger partial charge in [0.1, 0.15) is 5.60 Å². The fourth-order valence-corrected chi connectivity index (χ4v) is 4.14. The number of nitrogens with zero attached hydrogens (tertiary/aromatic N) is 3. The number of likely N-dealkylation sites (tertiary alicyclic amines) is 1. The van der Waals surface area contributed by atoms with Crippen LogP contribution < -0.4 is 5.32 Å². The molecule has 1 aromatic heterocycles. The molecule has 1 aromatic rings. The van der Waals surface area contributed by atoms with Crippen LogP contribution in [0, 0.1) is 5.92 Å². The number of amides is 1. The second kappa shape index (κ2) is 8.08. The van der Waals surface area contributed by atoms with E-state index in [9.17, 15) is 4.79 Å². The Morgan fingerprint density at radius 1 is 1.48 bits per heavy atom. The van der Waals surface area contributed by atoms with Gasteiger partial charge in [0, 0.05) is 32.6 Å². The van der Waals surface area contributed by atoms with Crippen LogP contribution in [0.25, 0.3) is 0 Å². The molecule has 7 heteroatoms. The van der Waals surface area contributed by atoms with E-state index in [2.05, 4.69) is 33.3 Å². The van der Waals surface area contributed by atoms with E-state index in [4.69, 9.17) is 4.74 Å². The first kappa shape index (κ1) is 20.2. The predicted molar refractivity (Wildman–Crippen MR) is 103 cm³/mol. The summed E-state index contributed by atoms with van der Waals surface area (Å²) in [5.74, 6) is 0.407. The van der Waals surface area contributed by atoms with E-state index in [0.717, 1.165) is 42.5 Å². The van der Waals surface area contributed by atoms with Crippen molar-refractivity contribution >= 4 is 22.0 Å². The molecule has 25 heavy (non-hydrogen) atoms. The summed E-state index contributed by atoms with van der Waals surface area (Å²) in [6.45, 7) is 9.31. The van der Waals surface area contributed by atoms with Crippen molar-refractivity contribution in [2.45, 2.75) is 58.6 Å². The molecule has 0 bridgehead atoms. The molecule has 1 N–H and O–H groups in total. The second-order valence-electron chi connectivity index (χ2n) is 7.76. The number of ether oxygens (including phenoxy) is 1. The number of halogens is 1. The highest BCUT2D eigenvalue weighted by Gasteiger charge is 2.34. The van der Waals surface area contributed by atoms with Crippen LogP contribution in [0.15, 0.2) is 4.47 Å². The molecule has 1 aliphatic rings. The van der Waals surface area contributed by atoms with Crippen LogP contribution >= 0.6 is 15.9 Å². The fourth-order valence-electron chi connectivity index (χ4n) is 3.36. The van der Waals surface area contributed by atoms with Crippen LogP contribution in [-0.2, 0) is 24.6 Å². The van der Waals surface area contributed by atoms with Gasteiger partial charge in [0.25, 0.3) is 0 Å². The number of carbonyl (C=O) groups is 1. The molecule has 1 fully saturated rings. The summed E-state index contributed by atoms with van der Waals surface area (Å²) in [5.41, 5.74) is 1.84. The van der Waals surface area contributed by atoms with Crippen LogP contribution in [0.1, 0.15) is 45.5 Å². The number of nitrogens with one attached hydrogen (secondary N) is 1. The lowest BCUT2D eigenvalue weighted by atomic mass is 9.94. The summed E-state index contributed by atoms with van der Waals surface area (Å²) in [7, 11) is 3.99. The molecule has 2 rings (SSSR count). The smallest absolute Gasteiger partial charge is 0.410 e. The molecular formula is C18H31BrN4O2. The highest BCUT2D eigenvalue weighted by molar-refractivity contribution is 9.10. The van der Waals surface area contributed by atoms with Gasteiger partial charge in [0.05, 0.1) is 15.9 Å². The number of hydrogen-bond donors (Lipinski definition) is 1. The first-order chi connectivity index (χ1) is 11.7. The van der Waals surface area contributed by atoms with Gasteiger partial charge in [-0.05, 0) is 62.5 Å². The number of carbonyl (C=O) groups excluding carboxylic acids is 1. The third-order valence-corrected chi connectivity index (χ3v) is 5.65. The zero-order chi connectivity index (χ0) is 18.8. The predicted octanol–water partition coefficient (Wildman–Crippen LogP) is 3.13. The summed E-state index contributed by atoms with van der Waals surface area (Å²) in [5, 5.41) is 8.02. The van der Waals surface area contributed by atoms with Gasteiger partial charge in [-0.15, -0.1) is 0 Å². The topological polar surface area (TPSA) is 59.4 Å². The molecule has 142 valence electrons. The van der Waals surface area contributed by atoms with E-state index in [0.29, 0.717) is 12.0 Å². The van der Waals surface area contributed by atoms with E-state index < -0.39 is 5.60 Å². The zero-order valence-corrected chi connectivity index (χ0v) is 17.8. The maximum atomic E-state index is 12.3. The van der Waals surface area contributed by atoms with Crippen molar-refractivity contribution in [3.8, 4) is 0 Å². The van der Waals surface area contributed by atoms with Gasteiger partial charge >= 0.3 is 6.09 Å². The van der Waals surface area contributed by atoms with Crippen molar-refractivity contribution in [2.24, 2.45) is 13.0 Å². The quantitative estimate of drug-likeness (QED) is 0.803. The van der Waals surface area contributed by atoms with Crippen LogP contribution in [0.2, 0.25) is 0 Å². The third-order valence-electron chi connectivity index (χ3n) is 4.73. The number of likely N-dealkylation sites (N-methyl/N-ethyl adjacent to an activating group) is 1. The lowest BCUT2D eigenvalue weighted by Gasteiger charge is -2.26. The summed E-state index contributed by atoms with van der Waals surface area (Å²) >= 11 is 3.70. The van der Waals surface area contributed by atoms with Crippen molar-refractivity contribution in [1.82, 2.24) is 20.0 Å². The van der Waals surface area contributed by atoms with E-state index >= 15 is 0 Å². The Morgan fingerprint density at radius 3 is 2.68 bits per heavy atom. The van der Waals surface area contributed by atoms with Gasteiger partial charge in [-0.1, -0.05) is 6.92 Å². The van der Waals surface area contributed by atoms with Crippen molar-refractivity contribution < 1.29 is 9.53 Å². The Balaban J connectivity index is 2.03. The maximum Gasteiger partial charge on any atom is 0.410 e. The molecule has 0 aromatic carbocycles. The first-order valence-corrected chi connectivity index (χ1v) is 9.81. The molecule has 0 aliphatic carbocycles. The van der Waals surface area contributed by atoms with Crippen molar-refractivity contribution in [3.05, 3.63) is 15.9 Å². The molecule has 2 atom stereocenters. The van der Waals surface area contributed by atoms with Gasteiger partial charge in [-0.3, -0.25) is 4.68 Å². The standard InChI is InChI=1S/C18H31BrN4O2/c1-7-13-16(19)15(22(6)21-13)10-14(20-5)12-8-9-23(11-12)17(24)25-18(2,3)4/h12,14,20H,7-11H2,1-6H3. The monoisotopic (exact) mass is 414 g/mol. The summed E-state index contributed by atoms with van der Waals surface area (Å²) in [6, 6.07) is 0.295. The highest BCUT2D eigenvalue weighted by atomic mass is 79.9. The normalized spacial score (nSPS) is 19.3. The number of rotatable bonds is 5. The second-order valence-corrected chi connectivity index (χ2v) is 8.55. The average Bonchev–Trinajstić information content (AvgIpc) is 3.10. The van der Waals surface area contributed by atoms with Crippen molar-refractivity contribution in [1.29, 1.82) is 0 Å². The lowest BCUT2D eigenvalue weighted by Crippen LogP contribution is -2.40. The van der Waals surface area contributed by atoms with Gasteiger partial charge in [0.2, 0.25) is 0 Å². The molecule has 6 nitrogen and oxygen atoms in total. The number of aryl methyl sites for hydroxylation is 2. The lowest BCUT2D eigenvalue weighted by molar-refractivity contribution is 0.0285. The Morgan fingerprint density at radius 2 is 2.16 bits per heavy atom. The van der Waals surface area contributed by atoms with E-state index in [1.807, 2.05) is 44.4 Å². The van der Waals surface area contributed by atoms with Gasteiger partial charge < -0.3 is 15.0 Å². The largest absolute Gasteiger partial charge is 0.444 e. The molecule has 0 saturated carbocycles. The van der Waals surface area contributed by atoms with Gasteiger partial charge in [0.15, 0.2) is 0 Å². The number of hydrogen-bond acceptors (Lipinski definition) is 4. The molecule has 2 heterocycles. The average molecular weight is 415 g/mol. The zero-order valence-electron chi connectivity index (χ0n) is 16.2. The molecule has 2 unspecified atom stereocenters.